The van der Waals surface area contributed by atoms with E-state index in [1.165, 1.54) is 17.2 Å². The van der Waals surface area contributed by atoms with E-state index in [0.717, 1.165) is 75.2 Å². The van der Waals surface area contributed by atoms with Gasteiger partial charge in [-0.25, -0.2) is 0 Å². The number of anilines is 1. The van der Waals surface area contributed by atoms with Crippen molar-refractivity contribution in [1.82, 2.24) is 15.4 Å². The van der Waals surface area contributed by atoms with Crippen LogP contribution in [0.3, 0.4) is 0 Å². The Labute approximate surface area is 230 Å². The zero-order valence-corrected chi connectivity index (χ0v) is 22.4. The SMILES string of the molecule is CCCc1cc2c(cc1C1CCC(N3CC(NC(=O)CNc4noc5ccc(C(F)(F)F)cc45)C3)CC1)OCO2. The average molecular weight is 559 g/mol. The smallest absolute Gasteiger partial charge is 0.416 e. The summed E-state index contributed by atoms with van der Waals surface area (Å²) in [7, 11) is 0. The van der Waals surface area contributed by atoms with E-state index >= 15 is 0 Å². The molecule has 214 valence electrons. The number of hydrogen-bond acceptors (Lipinski definition) is 7. The molecule has 3 heterocycles. The fourth-order valence-corrected chi connectivity index (χ4v) is 6.20. The quantitative estimate of drug-likeness (QED) is 0.379. The van der Waals surface area contributed by atoms with Crippen LogP contribution in [0.1, 0.15) is 61.6 Å². The number of hydrogen-bond donors (Lipinski definition) is 2. The third kappa shape index (κ3) is 5.43. The lowest BCUT2D eigenvalue weighted by molar-refractivity contribution is -0.137. The van der Waals surface area contributed by atoms with E-state index in [0.29, 0.717) is 18.8 Å². The van der Waals surface area contributed by atoms with Crippen LogP contribution < -0.4 is 20.1 Å². The monoisotopic (exact) mass is 558 g/mol. The van der Waals surface area contributed by atoms with Gasteiger partial charge in [-0.1, -0.05) is 18.5 Å². The number of carbonyl (C=O) groups excluding carboxylic acids is 1. The van der Waals surface area contributed by atoms with Crippen molar-refractivity contribution in [3.63, 3.8) is 0 Å². The number of nitrogens with one attached hydrogen (secondary N) is 2. The molecule has 40 heavy (non-hydrogen) atoms. The van der Waals surface area contributed by atoms with Gasteiger partial charge in [-0.05, 0) is 79.5 Å². The third-order valence-electron chi connectivity index (χ3n) is 8.30. The van der Waals surface area contributed by atoms with Gasteiger partial charge in [-0.15, -0.1) is 0 Å². The summed E-state index contributed by atoms with van der Waals surface area (Å²) < 4.78 is 55.5. The fraction of sp³-hybridized carbons (Fsp3) is 0.517. The molecular weight excluding hydrogens is 525 g/mol. The van der Waals surface area contributed by atoms with Crippen LogP contribution in [0.15, 0.2) is 34.9 Å². The lowest BCUT2D eigenvalue weighted by atomic mass is 9.78. The Kier molecular flexibility index (Phi) is 7.24. The van der Waals surface area contributed by atoms with Gasteiger partial charge in [0, 0.05) is 19.1 Å². The first kappa shape index (κ1) is 26.7. The minimum atomic E-state index is -4.47. The number of fused-ring (bicyclic) bond motifs is 2. The summed E-state index contributed by atoms with van der Waals surface area (Å²) in [5.41, 5.74) is 2.20. The molecule has 1 saturated heterocycles. The number of alkyl halides is 3. The first-order valence-corrected chi connectivity index (χ1v) is 13.9. The van der Waals surface area contributed by atoms with Gasteiger partial charge in [0.05, 0.1) is 23.5 Å². The van der Waals surface area contributed by atoms with E-state index in [4.69, 9.17) is 14.0 Å². The van der Waals surface area contributed by atoms with Crippen molar-refractivity contribution in [3.05, 3.63) is 47.0 Å². The predicted octanol–water partition coefficient (Wildman–Crippen LogP) is 5.47. The molecule has 1 aliphatic carbocycles. The summed E-state index contributed by atoms with van der Waals surface area (Å²) in [6, 6.07) is 8.07. The summed E-state index contributed by atoms with van der Waals surface area (Å²) in [6.07, 6.45) is 2.14. The van der Waals surface area contributed by atoms with E-state index in [-0.39, 0.29) is 35.3 Å². The maximum atomic E-state index is 13.1. The Hall–Kier alpha value is -3.47. The molecule has 2 fully saturated rings. The standard InChI is InChI=1S/C29H33F3N4O4/c1-2-3-18-10-25-26(39-16-38-25)12-22(18)17-4-7-21(8-5-17)36-14-20(15-36)34-27(37)13-33-28-23-11-19(29(30,31)32)6-9-24(23)40-35-28/h6,9-12,17,20-21H,2-5,7-8,13-16H2,1H3,(H,33,35)(H,34,37). The number of benzene rings is 2. The van der Waals surface area contributed by atoms with Gasteiger partial charge in [0.1, 0.15) is 0 Å². The second-order valence-corrected chi connectivity index (χ2v) is 11.0. The van der Waals surface area contributed by atoms with Crippen molar-refractivity contribution in [2.75, 3.05) is 31.7 Å². The number of nitrogens with zero attached hydrogens (tertiary/aromatic N) is 2. The molecule has 6 rings (SSSR count). The van der Waals surface area contributed by atoms with Crippen molar-refractivity contribution >= 4 is 22.7 Å². The van der Waals surface area contributed by atoms with Crippen molar-refractivity contribution in [1.29, 1.82) is 0 Å². The molecule has 0 radical (unpaired) electrons. The predicted molar refractivity (Wildman–Crippen MR) is 143 cm³/mol. The van der Waals surface area contributed by atoms with E-state index in [9.17, 15) is 18.0 Å². The molecule has 2 aromatic carbocycles. The highest BCUT2D eigenvalue weighted by Gasteiger charge is 2.36. The largest absolute Gasteiger partial charge is 0.454 e. The summed E-state index contributed by atoms with van der Waals surface area (Å²) in [5, 5.41) is 9.79. The number of carbonyl (C=O) groups is 1. The molecule has 0 bridgehead atoms. The minimum Gasteiger partial charge on any atom is -0.454 e. The van der Waals surface area contributed by atoms with E-state index in [2.05, 4.69) is 39.7 Å². The lowest BCUT2D eigenvalue weighted by Gasteiger charge is -2.47. The normalized spacial score (nSPS) is 21.4. The lowest BCUT2D eigenvalue weighted by Crippen LogP contribution is -2.63. The molecule has 3 aliphatic rings. The van der Waals surface area contributed by atoms with Gasteiger partial charge in [0.2, 0.25) is 12.7 Å². The Bertz CT molecular complexity index is 1380. The molecule has 0 unspecified atom stereocenters. The second kappa shape index (κ2) is 10.8. The summed E-state index contributed by atoms with van der Waals surface area (Å²) >= 11 is 0. The number of likely N-dealkylation sites (tertiary alicyclic amines) is 1. The highest BCUT2D eigenvalue weighted by molar-refractivity contribution is 5.90. The molecule has 3 aromatic rings. The average Bonchev–Trinajstić information content (AvgIpc) is 3.55. The molecule has 1 aromatic heterocycles. The van der Waals surface area contributed by atoms with Crippen LogP contribution in [0.2, 0.25) is 0 Å². The summed E-state index contributed by atoms with van der Waals surface area (Å²) in [5.74, 6) is 2.12. The van der Waals surface area contributed by atoms with Crippen LogP contribution in [-0.2, 0) is 17.4 Å². The molecule has 11 heteroatoms. The zero-order valence-electron chi connectivity index (χ0n) is 22.4. The van der Waals surface area contributed by atoms with Gasteiger partial charge in [0.25, 0.3) is 0 Å². The zero-order chi connectivity index (χ0) is 27.9. The number of ether oxygens (including phenoxy) is 2. The van der Waals surface area contributed by atoms with Crippen molar-refractivity contribution < 1.29 is 32.0 Å². The summed E-state index contributed by atoms with van der Waals surface area (Å²) in [4.78, 5) is 14.9. The molecular formula is C29H33F3N4O4. The number of rotatable bonds is 8. The number of aryl methyl sites for hydroxylation is 1. The molecule has 1 amide bonds. The highest BCUT2D eigenvalue weighted by Crippen LogP contribution is 2.43. The highest BCUT2D eigenvalue weighted by atomic mass is 19.4. The summed E-state index contributed by atoms with van der Waals surface area (Å²) in [6.45, 7) is 3.99. The van der Waals surface area contributed by atoms with Crippen molar-refractivity contribution in [2.45, 2.75) is 69.6 Å². The Morgan fingerprint density at radius 1 is 1.07 bits per heavy atom. The molecule has 2 N–H and O–H groups in total. The van der Waals surface area contributed by atoms with Crippen molar-refractivity contribution in [3.8, 4) is 11.5 Å². The molecule has 2 aliphatic heterocycles. The van der Waals surface area contributed by atoms with Crippen molar-refractivity contribution in [2.24, 2.45) is 0 Å². The first-order valence-electron chi connectivity index (χ1n) is 13.9. The number of aromatic nitrogens is 1. The number of amides is 1. The van der Waals surface area contributed by atoms with Crippen LogP contribution in [0.25, 0.3) is 11.0 Å². The van der Waals surface area contributed by atoms with Gasteiger partial charge in [-0.3, -0.25) is 9.69 Å². The Morgan fingerprint density at radius 3 is 2.55 bits per heavy atom. The van der Waals surface area contributed by atoms with Crippen LogP contribution in [-0.4, -0.2) is 54.5 Å². The van der Waals surface area contributed by atoms with E-state index in [1.807, 2.05) is 0 Å². The maximum Gasteiger partial charge on any atom is 0.416 e. The molecule has 1 saturated carbocycles. The first-order chi connectivity index (χ1) is 19.3. The Balaban J connectivity index is 0.965. The van der Waals surface area contributed by atoms with Gasteiger partial charge in [0.15, 0.2) is 22.9 Å². The van der Waals surface area contributed by atoms with Crippen LogP contribution in [0.4, 0.5) is 19.0 Å². The fourth-order valence-electron chi connectivity index (χ4n) is 6.20. The number of halogens is 3. The minimum absolute atomic E-state index is 0.0583. The maximum absolute atomic E-state index is 13.1. The van der Waals surface area contributed by atoms with Gasteiger partial charge >= 0.3 is 6.18 Å². The third-order valence-corrected chi connectivity index (χ3v) is 8.30. The van der Waals surface area contributed by atoms with E-state index < -0.39 is 11.7 Å². The van der Waals surface area contributed by atoms with Gasteiger partial charge < -0.3 is 24.6 Å². The van der Waals surface area contributed by atoms with E-state index in [1.54, 1.807) is 0 Å². The van der Waals surface area contributed by atoms with Crippen LogP contribution >= 0.6 is 0 Å². The molecule has 0 spiro atoms. The Morgan fingerprint density at radius 2 is 1.82 bits per heavy atom. The molecule has 8 nitrogen and oxygen atoms in total. The molecule has 0 atom stereocenters. The van der Waals surface area contributed by atoms with Crippen LogP contribution in [0.5, 0.6) is 11.5 Å². The second-order valence-electron chi connectivity index (χ2n) is 11.0. The van der Waals surface area contributed by atoms with Crippen LogP contribution in [0, 0.1) is 0 Å². The van der Waals surface area contributed by atoms with Gasteiger partial charge in [-0.2, -0.15) is 13.2 Å². The topological polar surface area (TPSA) is 88.9 Å².